The number of nitrogens with one attached hydrogen (secondary N) is 1. The average Bonchev–Trinajstić information content (AvgIpc) is 3.28. The Bertz CT molecular complexity index is 1190. The number of piperazine rings is 1. The van der Waals surface area contributed by atoms with E-state index in [1.54, 1.807) is 5.56 Å². The summed E-state index contributed by atoms with van der Waals surface area (Å²) in [4.78, 5) is 24.5. The first-order valence-corrected chi connectivity index (χ1v) is 14.4. The molecule has 1 amide bonds. The zero-order chi connectivity index (χ0) is 25.9. The molecule has 2 aromatic carbocycles. The van der Waals surface area contributed by atoms with Gasteiger partial charge in [0.05, 0.1) is 0 Å². The molecular weight excluding hydrogens is 456 g/mol. The zero-order valence-corrected chi connectivity index (χ0v) is 23.2. The van der Waals surface area contributed by atoms with Gasteiger partial charge in [-0.15, -0.1) is 0 Å². The Morgan fingerprint density at radius 1 is 0.892 bits per heavy atom. The van der Waals surface area contributed by atoms with Crippen LogP contribution in [0.15, 0.2) is 42.5 Å². The molecule has 198 valence electrons. The topological polar surface area (TPSA) is 42.6 Å². The van der Waals surface area contributed by atoms with Gasteiger partial charge in [0.15, 0.2) is 0 Å². The number of hydrogen-bond acceptors (Lipinski definition) is 3. The van der Waals surface area contributed by atoms with Crippen LogP contribution in [-0.4, -0.2) is 70.9 Å². The molecule has 5 rings (SSSR count). The molecule has 0 radical (unpaired) electrons. The van der Waals surface area contributed by atoms with Crippen LogP contribution >= 0.6 is 0 Å². The van der Waals surface area contributed by atoms with Crippen molar-refractivity contribution in [3.8, 4) is 0 Å². The summed E-state index contributed by atoms with van der Waals surface area (Å²) in [5.74, 6) is 0.800. The summed E-state index contributed by atoms with van der Waals surface area (Å²) in [7, 11) is 0. The van der Waals surface area contributed by atoms with Gasteiger partial charge in [-0.3, -0.25) is 14.6 Å². The van der Waals surface area contributed by atoms with E-state index >= 15 is 0 Å². The normalized spacial score (nSPS) is 18.2. The second-order valence-electron chi connectivity index (χ2n) is 11.2. The van der Waals surface area contributed by atoms with Gasteiger partial charge in [0.25, 0.3) is 5.91 Å². The largest absolute Gasteiger partial charge is 0.350 e. The predicted molar refractivity (Wildman–Crippen MR) is 153 cm³/mol. The van der Waals surface area contributed by atoms with Gasteiger partial charge in [-0.25, -0.2) is 0 Å². The minimum absolute atomic E-state index is 0.167. The van der Waals surface area contributed by atoms with Crippen molar-refractivity contribution in [2.75, 3.05) is 39.3 Å². The number of rotatable bonds is 7. The second-order valence-corrected chi connectivity index (χ2v) is 11.2. The van der Waals surface area contributed by atoms with E-state index in [0.29, 0.717) is 12.0 Å². The van der Waals surface area contributed by atoms with E-state index in [9.17, 15) is 4.79 Å². The van der Waals surface area contributed by atoms with Gasteiger partial charge in [0.2, 0.25) is 0 Å². The van der Waals surface area contributed by atoms with E-state index in [1.165, 1.54) is 47.8 Å². The third kappa shape index (κ3) is 5.35. The van der Waals surface area contributed by atoms with Crippen molar-refractivity contribution < 1.29 is 4.79 Å². The highest BCUT2D eigenvalue weighted by Gasteiger charge is 2.30. The lowest BCUT2D eigenvalue weighted by Crippen LogP contribution is -2.52. The Labute approximate surface area is 222 Å². The number of nitrogens with zero attached hydrogens (tertiary/aromatic N) is 3. The molecule has 0 spiro atoms. The number of aromatic nitrogens is 1. The predicted octanol–water partition coefficient (Wildman–Crippen LogP) is 6.11. The van der Waals surface area contributed by atoms with Crippen molar-refractivity contribution in [1.29, 1.82) is 0 Å². The molecule has 5 nitrogen and oxygen atoms in total. The van der Waals surface area contributed by atoms with Crippen molar-refractivity contribution in [1.82, 2.24) is 19.7 Å². The number of fused-ring (bicyclic) bond motifs is 1. The highest BCUT2D eigenvalue weighted by molar-refractivity contribution is 6.01. The van der Waals surface area contributed by atoms with E-state index in [4.69, 9.17) is 0 Å². The van der Waals surface area contributed by atoms with Gasteiger partial charge in [0, 0.05) is 55.2 Å². The zero-order valence-electron chi connectivity index (χ0n) is 23.2. The second kappa shape index (κ2) is 11.4. The minimum atomic E-state index is 0.167. The maximum Gasteiger partial charge on any atom is 0.270 e. The molecule has 5 heteroatoms. The molecule has 2 saturated heterocycles. The standard InChI is InChI=1S/C32H44N4O/c1-5-26(6-2)35-18-20-36(21-19-35)32(37)31-28(27-12-7-8-13-29(27)33-31)22-34-16-14-25(15-17-34)30-23(3)10-9-11-24(30)4/h7-13,25-26,33H,5-6,14-22H2,1-4H3. The molecule has 3 heterocycles. The number of carbonyl (C=O) groups is 1. The molecule has 1 aromatic heterocycles. The van der Waals surface area contributed by atoms with Crippen molar-refractivity contribution in [3.63, 3.8) is 0 Å². The van der Waals surface area contributed by atoms with E-state index in [0.717, 1.165) is 57.0 Å². The van der Waals surface area contributed by atoms with E-state index in [-0.39, 0.29) is 5.91 Å². The molecule has 2 aliphatic rings. The molecule has 0 bridgehead atoms. The van der Waals surface area contributed by atoms with Crippen molar-refractivity contribution in [2.45, 2.75) is 71.9 Å². The van der Waals surface area contributed by atoms with Crippen LogP contribution in [0.1, 0.15) is 78.2 Å². The third-order valence-corrected chi connectivity index (χ3v) is 9.01. The van der Waals surface area contributed by atoms with Crippen LogP contribution in [0.2, 0.25) is 0 Å². The van der Waals surface area contributed by atoms with Crippen molar-refractivity contribution in [3.05, 3.63) is 70.4 Å². The lowest BCUT2D eigenvalue weighted by Gasteiger charge is -2.39. The van der Waals surface area contributed by atoms with Crippen LogP contribution < -0.4 is 0 Å². The van der Waals surface area contributed by atoms with Crippen LogP contribution in [0.5, 0.6) is 0 Å². The summed E-state index contributed by atoms with van der Waals surface area (Å²) < 4.78 is 0. The van der Waals surface area contributed by atoms with Gasteiger partial charge in [0.1, 0.15) is 5.69 Å². The first kappa shape index (κ1) is 26.0. The number of piperidine rings is 1. The quantitative estimate of drug-likeness (QED) is 0.426. The summed E-state index contributed by atoms with van der Waals surface area (Å²) in [5, 5.41) is 1.19. The molecule has 0 unspecified atom stereocenters. The van der Waals surface area contributed by atoms with E-state index in [1.807, 2.05) is 0 Å². The maximum absolute atomic E-state index is 13.8. The Kier molecular flexibility index (Phi) is 8.01. The first-order chi connectivity index (χ1) is 18.0. The fraction of sp³-hybridized carbons (Fsp3) is 0.531. The summed E-state index contributed by atoms with van der Waals surface area (Å²) in [6.07, 6.45) is 4.71. The molecule has 0 atom stereocenters. The Morgan fingerprint density at radius 2 is 1.54 bits per heavy atom. The summed E-state index contributed by atoms with van der Waals surface area (Å²) in [6.45, 7) is 15.6. The van der Waals surface area contributed by atoms with E-state index < -0.39 is 0 Å². The number of aromatic amines is 1. The van der Waals surface area contributed by atoms with Gasteiger partial charge >= 0.3 is 0 Å². The first-order valence-electron chi connectivity index (χ1n) is 14.4. The van der Waals surface area contributed by atoms with Crippen LogP contribution in [0.3, 0.4) is 0 Å². The molecule has 2 fully saturated rings. The van der Waals surface area contributed by atoms with Crippen LogP contribution in [0.4, 0.5) is 0 Å². The molecule has 0 saturated carbocycles. The molecule has 1 N–H and O–H groups in total. The number of aryl methyl sites for hydroxylation is 2. The number of carbonyl (C=O) groups excluding carboxylic acids is 1. The summed E-state index contributed by atoms with van der Waals surface area (Å²) >= 11 is 0. The molecule has 37 heavy (non-hydrogen) atoms. The minimum Gasteiger partial charge on any atom is -0.350 e. The number of likely N-dealkylation sites (tertiary alicyclic amines) is 1. The summed E-state index contributed by atoms with van der Waals surface area (Å²) in [5.41, 5.74) is 7.45. The number of benzene rings is 2. The lowest BCUT2D eigenvalue weighted by molar-refractivity contribution is 0.0553. The number of amides is 1. The molecule has 0 aliphatic carbocycles. The Morgan fingerprint density at radius 3 is 2.19 bits per heavy atom. The summed E-state index contributed by atoms with van der Waals surface area (Å²) in [6, 6.07) is 15.7. The molecular formula is C32H44N4O. The van der Waals surface area contributed by atoms with Gasteiger partial charge < -0.3 is 9.88 Å². The van der Waals surface area contributed by atoms with Gasteiger partial charge in [-0.05, 0) is 81.3 Å². The number of para-hydroxylation sites is 1. The highest BCUT2D eigenvalue weighted by atomic mass is 16.2. The number of hydrogen-bond donors (Lipinski definition) is 1. The van der Waals surface area contributed by atoms with Crippen LogP contribution in [-0.2, 0) is 6.54 Å². The van der Waals surface area contributed by atoms with E-state index in [2.05, 4.69) is 89.8 Å². The third-order valence-electron chi connectivity index (χ3n) is 9.01. The molecule has 3 aromatic rings. The SMILES string of the molecule is CCC(CC)N1CCN(C(=O)c2[nH]c3ccccc3c2CN2CCC(c3c(C)cccc3C)CC2)CC1. The van der Waals surface area contributed by atoms with Crippen LogP contribution in [0, 0.1) is 13.8 Å². The highest BCUT2D eigenvalue weighted by Crippen LogP contribution is 2.34. The fourth-order valence-corrected chi connectivity index (χ4v) is 6.87. The average molecular weight is 501 g/mol. The Hall–Kier alpha value is -2.63. The van der Waals surface area contributed by atoms with Gasteiger partial charge in [-0.2, -0.15) is 0 Å². The monoisotopic (exact) mass is 500 g/mol. The van der Waals surface area contributed by atoms with Crippen LogP contribution in [0.25, 0.3) is 10.9 Å². The van der Waals surface area contributed by atoms with Gasteiger partial charge in [-0.1, -0.05) is 50.2 Å². The molecule has 2 aliphatic heterocycles. The fourth-order valence-electron chi connectivity index (χ4n) is 6.87. The number of H-pyrrole nitrogens is 1. The smallest absolute Gasteiger partial charge is 0.270 e. The maximum atomic E-state index is 13.8. The van der Waals surface area contributed by atoms with Crippen molar-refractivity contribution in [2.24, 2.45) is 0 Å². The van der Waals surface area contributed by atoms with Crippen molar-refractivity contribution >= 4 is 16.8 Å². The lowest BCUT2D eigenvalue weighted by atomic mass is 9.84. The Balaban J connectivity index is 1.30.